The summed E-state index contributed by atoms with van der Waals surface area (Å²) in [5.41, 5.74) is 2.57. The first-order valence-corrected chi connectivity index (χ1v) is 6.93. The fourth-order valence-corrected chi connectivity index (χ4v) is 2.43. The highest BCUT2D eigenvalue weighted by molar-refractivity contribution is 9.10. The molecule has 0 N–H and O–H groups in total. The molecule has 0 aliphatic carbocycles. The van der Waals surface area contributed by atoms with Gasteiger partial charge in [-0.2, -0.15) is 5.26 Å². The molecule has 2 aromatic rings. The van der Waals surface area contributed by atoms with Crippen LogP contribution in [0, 0.1) is 11.3 Å². The van der Waals surface area contributed by atoms with Gasteiger partial charge in [-0.3, -0.25) is 0 Å². The predicted octanol–water partition coefficient (Wildman–Crippen LogP) is 4.61. The molecule has 0 saturated heterocycles. The van der Waals surface area contributed by atoms with Crippen LogP contribution in [-0.2, 0) is 6.54 Å². The Labute approximate surface area is 126 Å². The number of benzene rings is 2. The molecule has 0 unspecified atom stereocenters. The van der Waals surface area contributed by atoms with Crippen molar-refractivity contribution in [3.05, 3.63) is 63.1 Å². The highest BCUT2D eigenvalue weighted by atomic mass is 79.9. The largest absolute Gasteiger partial charge is 0.369 e. The van der Waals surface area contributed by atoms with Crippen LogP contribution in [0.15, 0.2) is 46.9 Å². The highest BCUT2D eigenvalue weighted by Crippen LogP contribution is 2.26. The topological polar surface area (TPSA) is 27.0 Å². The SMILES string of the molecule is CN(Cc1ccccc1Cl)c1cc(Br)ccc1C#N. The minimum atomic E-state index is 0.651. The first kappa shape index (κ1) is 13.9. The summed E-state index contributed by atoms with van der Waals surface area (Å²) in [6, 6.07) is 15.6. The van der Waals surface area contributed by atoms with Gasteiger partial charge < -0.3 is 4.90 Å². The average Bonchev–Trinajstić information content (AvgIpc) is 2.41. The number of hydrogen-bond donors (Lipinski definition) is 0. The van der Waals surface area contributed by atoms with Gasteiger partial charge in [0.05, 0.1) is 11.3 Å². The summed E-state index contributed by atoms with van der Waals surface area (Å²) in [4.78, 5) is 2.02. The maximum Gasteiger partial charge on any atom is 0.101 e. The van der Waals surface area contributed by atoms with Crippen LogP contribution < -0.4 is 4.90 Å². The van der Waals surface area contributed by atoms with Crippen molar-refractivity contribution in [1.82, 2.24) is 0 Å². The van der Waals surface area contributed by atoms with Gasteiger partial charge in [0.1, 0.15) is 6.07 Å². The summed E-state index contributed by atoms with van der Waals surface area (Å²) in [5, 5.41) is 9.90. The average molecular weight is 336 g/mol. The van der Waals surface area contributed by atoms with E-state index in [2.05, 4.69) is 22.0 Å². The van der Waals surface area contributed by atoms with Crippen LogP contribution in [0.2, 0.25) is 5.02 Å². The quantitative estimate of drug-likeness (QED) is 0.819. The normalized spacial score (nSPS) is 10.0. The van der Waals surface area contributed by atoms with E-state index in [-0.39, 0.29) is 0 Å². The molecule has 0 heterocycles. The van der Waals surface area contributed by atoms with E-state index in [1.165, 1.54) is 0 Å². The number of halogens is 2. The lowest BCUT2D eigenvalue weighted by Crippen LogP contribution is -2.17. The van der Waals surface area contributed by atoms with E-state index in [1.54, 1.807) is 0 Å². The summed E-state index contributed by atoms with van der Waals surface area (Å²) < 4.78 is 0.951. The van der Waals surface area contributed by atoms with E-state index in [1.807, 2.05) is 54.4 Å². The number of rotatable bonds is 3. The van der Waals surface area contributed by atoms with Gasteiger partial charge in [-0.15, -0.1) is 0 Å². The Morgan fingerprint density at radius 1 is 1.26 bits per heavy atom. The Hall–Kier alpha value is -1.50. The highest BCUT2D eigenvalue weighted by Gasteiger charge is 2.10. The van der Waals surface area contributed by atoms with Crippen molar-refractivity contribution in [1.29, 1.82) is 5.26 Å². The van der Waals surface area contributed by atoms with Crippen LogP contribution in [0.1, 0.15) is 11.1 Å². The summed E-state index contributed by atoms with van der Waals surface area (Å²) in [6.07, 6.45) is 0. The number of nitrogens with zero attached hydrogens (tertiary/aromatic N) is 2. The smallest absolute Gasteiger partial charge is 0.101 e. The number of anilines is 1. The van der Waals surface area contributed by atoms with Crippen LogP contribution >= 0.6 is 27.5 Å². The molecule has 0 amide bonds. The Balaban J connectivity index is 2.30. The van der Waals surface area contributed by atoms with E-state index < -0.39 is 0 Å². The van der Waals surface area contributed by atoms with Gasteiger partial charge in [-0.25, -0.2) is 0 Å². The molecule has 4 heteroatoms. The summed E-state index contributed by atoms with van der Waals surface area (Å²) in [5.74, 6) is 0. The van der Waals surface area contributed by atoms with Gasteiger partial charge in [0.2, 0.25) is 0 Å². The van der Waals surface area contributed by atoms with Crippen molar-refractivity contribution in [2.45, 2.75) is 6.54 Å². The van der Waals surface area contributed by atoms with Gasteiger partial charge in [0, 0.05) is 23.1 Å². The van der Waals surface area contributed by atoms with Crippen molar-refractivity contribution in [2.24, 2.45) is 0 Å². The summed E-state index contributed by atoms with van der Waals surface area (Å²) in [7, 11) is 1.95. The molecule has 2 nitrogen and oxygen atoms in total. The lowest BCUT2D eigenvalue weighted by atomic mass is 10.1. The summed E-state index contributed by atoms with van der Waals surface area (Å²) in [6.45, 7) is 0.658. The molecular formula is C15H12BrClN2. The molecule has 0 atom stereocenters. The maximum atomic E-state index is 9.16. The molecule has 0 saturated carbocycles. The molecule has 0 aliphatic rings. The first-order chi connectivity index (χ1) is 9.11. The number of nitriles is 1. The van der Waals surface area contributed by atoms with Crippen molar-refractivity contribution >= 4 is 33.2 Å². The fourth-order valence-electron chi connectivity index (χ4n) is 1.88. The Bertz CT molecular complexity index is 634. The zero-order valence-electron chi connectivity index (χ0n) is 10.4. The third-order valence-electron chi connectivity index (χ3n) is 2.86. The Morgan fingerprint density at radius 2 is 2.00 bits per heavy atom. The summed E-state index contributed by atoms with van der Waals surface area (Å²) >= 11 is 9.59. The Kier molecular flexibility index (Phi) is 4.47. The fraction of sp³-hybridized carbons (Fsp3) is 0.133. The van der Waals surface area contributed by atoms with Crippen LogP contribution in [0.3, 0.4) is 0 Å². The van der Waals surface area contributed by atoms with E-state index in [0.29, 0.717) is 12.1 Å². The molecule has 0 aliphatic heterocycles. The van der Waals surface area contributed by atoms with Crippen LogP contribution in [0.25, 0.3) is 0 Å². The molecule has 0 bridgehead atoms. The van der Waals surface area contributed by atoms with E-state index in [9.17, 15) is 0 Å². The molecule has 0 fully saturated rings. The predicted molar refractivity (Wildman–Crippen MR) is 82.4 cm³/mol. The molecule has 2 rings (SSSR count). The lowest BCUT2D eigenvalue weighted by molar-refractivity contribution is 0.920. The zero-order valence-corrected chi connectivity index (χ0v) is 12.7. The Morgan fingerprint density at radius 3 is 2.68 bits per heavy atom. The minimum Gasteiger partial charge on any atom is -0.369 e. The minimum absolute atomic E-state index is 0.651. The van der Waals surface area contributed by atoms with E-state index >= 15 is 0 Å². The van der Waals surface area contributed by atoms with E-state index in [0.717, 1.165) is 20.7 Å². The molecule has 0 spiro atoms. The van der Waals surface area contributed by atoms with Crippen molar-refractivity contribution in [3.8, 4) is 6.07 Å². The third kappa shape index (κ3) is 3.28. The maximum absolute atomic E-state index is 9.16. The second-order valence-corrected chi connectivity index (χ2v) is 5.54. The molecule has 2 aromatic carbocycles. The second kappa shape index (κ2) is 6.10. The van der Waals surface area contributed by atoms with Crippen LogP contribution in [0.5, 0.6) is 0 Å². The van der Waals surface area contributed by atoms with Crippen LogP contribution in [0.4, 0.5) is 5.69 Å². The zero-order chi connectivity index (χ0) is 13.8. The molecule has 0 aromatic heterocycles. The lowest BCUT2D eigenvalue weighted by Gasteiger charge is -2.21. The van der Waals surface area contributed by atoms with Gasteiger partial charge in [-0.1, -0.05) is 45.7 Å². The molecule has 96 valence electrons. The van der Waals surface area contributed by atoms with Crippen molar-refractivity contribution in [3.63, 3.8) is 0 Å². The van der Waals surface area contributed by atoms with Crippen molar-refractivity contribution in [2.75, 3.05) is 11.9 Å². The standard InChI is InChI=1S/C15H12BrClN2/c1-19(10-12-4-2-3-5-14(12)17)15-8-13(16)7-6-11(15)9-18/h2-8H,10H2,1H3. The number of hydrogen-bond acceptors (Lipinski definition) is 2. The van der Waals surface area contributed by atoms with E-state index in [4.69, 9.17) is 16.9 Å². The van der Waals surface area contributed by atoms with Crippen LogP contribution in [-0.4, -0.2) is 7.05 Å². The first-order valence-electron chi connectivity index (χ1n) is 5.76. The van der Waals surface area contributed by atoms with Gasteiger partial charge in [0.25, 0.3) is 0 Å². The van der Waals surface area contributed by atoms with Gasteiger partial charge in [0.15, 0.2) is 0 Å². The second-order valence-electron chi connectivity index (χ2n) is 4.22. The van der Waals surface area contributed by atoms with Crippen molar-refractivity contribution < 1.29 is 0 Å². The van der Waals surface area contributed by atoms with Gasteiger partial charge >= 0.3 is 0 Å². The molecule has 0 radical (unpaired) electrons. The molecule has 19 heavy (non-hydrogen) atoms. The monoisotopic (exact) mass is 334 g/mol. The molecular weight excluding hydrogens is 324 g/mol. The van der Waals surface area contributed by atoms with Gasteiger partial charge in [-0.05, 0) is 29.8 Å². The third-order valence-corrected chi connectivity index (χ3v) is 3.72.